The lowest BCUT2D eigenvalue weighted by molar-refractivity contribution is -0.120. The van der Waals surface area contributed by atoms with Crippen molar-refractivity contribution in [1.29, 1.82) is 5.41 Å². The van der Waals surface area contributed by atoms with Gasteiger partial charge in [-0.15, -0.1) is 4.99 Å². The van der Waals surface area contributed by atoms with Gasteiger partial charge >= 0.3 is 0 Å². The molecule has 1 aliphatic rings. The molecule has 0 aliphatic carbocycles. The van der Waals surface area contributed by atoms with Gasteiger partial charge in [0.2, 0.25) is 0 Å². The molecule has 1 fully saturated rings. The van der Waals surface area contributed by atoms with E-state index in [1.807, 2.05) is 19.0 Å². The molecule has 5 nitrogen and oxygen atoms in total. The topological polar surface area (TPSA) is 68.6 Å². The average Bonchev–Trinajstić information content (AvgIpc) is 2.52. The Morgan fingerprint density at radius 1 is 1.69 bits per heavy atom. The van der Waals surface area contributed by atoms with Gasteiger partial charge in [0.25, 0.3) is 5.91 Å². The van der Waals surface area contributed by atoms with Crippen molar-refractivity contribution in [2.75, 3.05) is 20.6 Å². The van der Waals surface area contributed by atoms with Crippen LogP contribution in [-0.4, -0.2) is 49.5 Å². The first-order valence-electron chi connectivity index (χ1n) is 4.23. The van der Waals surface area contributed by atoms with E-state index in [4.69, 9.17) is 5.41 Å². The molecule has 1 aliphatic heterocycles. The Balaban J connectivity index is 2.68. The van der Waals surface area contributed by atoms with Gasteiger partial charge in [-0.1, -0.05) is 0 Å². The number of carbonyl (C=O) groups excluding carboxylic acids is 1. The van der Waals surface area contributed by atoms with Crippen LogP contribution in [0.3, 0.4) is 0 Å². The van der Waals surface area contributed by atoms with E-state index in [2.05, 4.69) is 10.3 Å². The lowest BCUT2D eigenvalue weighted by Gasteiger charge is -2.22. The normalized spacial score (nSPS) is 27.3. The highest BCUT2D eigenvalue weighted by Crippen LogP contribution is 2.12. The summed E-state index contributed by atoms with van der Waals surface area (Å²) in [5.41, 5.74) is 0. The highest BCUT2D eigenvalue weighted by Gasteiger charge is 2.33. The highest BCUT2D eigenvalue weighted by molar-refractivity contribution is 5.87. The number of hydrogen-bond acceptors (Lipinski definition) is 4. The van der Waals surface area contributed by atoms with Crippen molar-refractivity contribution in [2.24, 2.45) is 4.99 Å². The van der Waals surface area contributed by atoms with Crippen LogP contribution in [0, 0.1) is 5.41 Å². The third-order valence-electron chi connectivity index (χ3n) is 2.28. The Morgan fingerprint density at radius 3 is 2.92 bits per heavy atom. The molecule has 72 valence electrons. The fourth-order valence-electron chi connectivity index (χ4n) is 1.62. The molecule has 0 aromatic carbocycles. The number of nitrogens with zero attached hydrogens (tertiary/aromatic N) is 2. The number of hydrogen-bond donors (Lipinski definition) is 2. The van der Waals surface area contributed by atoms with Crippen molar-refractivity contribution in [1.82, 2.24) is 10.2 Å². The van der Waals surface area contributed by atoms with Crippen molar-refractivity contribution < 1.29 is 4.79 Å². The fraction of sp³-hybridized carbons (Fsp3) is 0.750. The summed E-state index contributed by atoms with van der Waals surface area (Å²) in [5, 5.41) is 9.66. The van der Waals surface area contributed by atoms with Crippen LogP contribution >= 0.6 is 0 Å². The van der Waals surface area contributed by atoms with Crippen molar-refractivity contribution in [3.05, 3.63) is 0 Å². The second-order valence-corrected chi connectivity index (χ2v) is 3.31. The molecule has 1 saturated heterocycles. The summed E-state index contributed by atoms with van der Waals surface area (Å²) in [5.74, 6) is -0.300. The van der Waals surface area contributed by atoms with Crippen LogP contribution in [0.4, 0.5) is 0 Å². The van der Waals surface area contributed by atoms with E-state index in [1.54, 1.807) is 6.01 Å². The molecule has 13 heavy (non-hydrogen) atoms. The summed E-state index contributed by atoms with van der Waals surface area (Å²) in [6.07, 6.45) is 0.941. The zero-order valence-electron chi connectivity index (χ0n) is 7.87. The molecule has 1 heterocycles. The number of nitrogens with one attached hydrogen (secondary N) is 2. The van der Waals surface area contributed by atoms with Crippen LogP contribution in [0.25, 0.3) is 0 Å². The van der Waals surface area contributed by atoms with Gasteiger partial charge in [-0.2, -0.15) is 0 Å². The van der Waals surface area contributed by atoms with E-state index in [0.29, 0.717) is 0 Å². The van der Waals surface area contributed by atoms with Gasteiger partial charge in [-0.3, -0.25) is 4.79 Å². The van der Waals surface area contributed by atoms with Crippen molar-refractivity contribution >= 4 is 11.9 Å². The Morgan fingerprint density at radius 2 is 2.38 bits per heavy atom. The second-order valence-electron chi connectivity index (χ2n) is 3.31. The maximum Gasteiger partial charge on any atom is 0.273 e. The minimum Gasteiger partial charge on any atom is -0.304 e. The minimum atomic E-state index is -0.300. The minimum absolute atomic E-state index is 0.185. The van der Waals surface area contributed by atoms with Crippen LogP contribution < -0.4 is 5.32 Å². The fourth-order valence-corrected chi connectivity index (χ4v) is 1.62. The Bertz CT molecular complexity index is 245. The zero-order chi connectivity index (χ0) is 9.84. The maximum absolute atomic E-state index is 11.3. The van der Waals surface area contributed by atoms with E-state index in [1.165, 1.54) is 0 Å². The summed E-state index contributed by atoms with van der Waals surface area (Å²) in [6.45, 7) is 0.826. The molecule has 0 aromatic heterocycles. The van der Waals surface area contributed by atoms with E-state index in [-0.39, 0.29) is 18.0 Å². The standard InChI is InChI=1S/C8H14N4O/c1-12(2)6-3-4-10-7(6)8(13)11-5-9/h6-7,9-10H,3-4H2,1-2H3/t6?,7-/m1/s1. The highest BCUT2D eigenvalue weighted by atomic mass is 16.1. The molecule has 0 saturated carbocycles. The molecular formula is C8H14N4O. The summed E-state index contributed by atoms with van der Waals surface area (Å²) in [6, 6.07) is 1.69. The van der Waals surface area contributed by atoms with Crippen LogP contribution in [0.5, 0.6) is 0 Å². The predicted molar refractivity (Wildman–Crippen MR) is 49.0 cm³/mol. The van der Waals surface area contributed by atoms with Gasteiger partial charge < -0.3 is 10.2 Å². The monoisotopic (exact) mass is 182 g/mol. The van der Waals surface area contributed by atoms with E-state index in [9.17, 15) is 4.79 Å². The van der Waals surface area contributed by atoms with Gasteiger partial charge in [0.1, 0.15) is 6.04 Å². The summed E-state index contributed by atoms with van der Waals surface area (Å²) < 4.78 is 0. The Hall–Kier alpha value is -1.03. The molecule has 5 heteroatoms. The first-order valence-corrected chi connectivity index (χ1v) is 4.23. The maximum atomic E-state index is 11.3. The molecule has 2 N–H and O–H groups in total. The quantitative estimate of drug-likeness (QED) is 0.569. The third-order valence-corrected chi connectivity index (χ3v) is 2.28. The van der Waals surface area contributed by atoms with Crippen LogP contribution in [0.1, 0.15) is 6.42 Å². The SMILES string of the molecule is CN(C)C1CCN[C@H]1C(=O)N=C=N. The first kappa shape index (κ1) is 10.1. The Labute approximate surface area is 77.3 Å². The van der Waals surface area contributed by atoms with Crippen molar-refractivity contribution in [3.63, 3.8) is 0 Å². The number of amides is 1. The number of aliphatic imine (C=N–C) groups is 1. The summed E-state index contributed by atoms with van der Waals surface area (Å²) >= 11 is 0. The molecule has 1 amide bonds. The molecule has 1 rings (SSSR count). The smallest absolute Gasteiger partial charge is 0.273 e. The van der Waals surface area contributed by atoms with E-state index in [0.717, 1.165) is 13.0 Å². The van der Waals surface area contributed by atoms with Crippen LogP contribution in [0.15, 0.2) is 4.99 Å². The first-order chi connectivity index (χ1) is 6.16. The molecular weight excluding hydrogens is 168 g/mol. The number of rotatable bonds is 2. The molecule has 0 aromatic rings. The lowest BCUT2D eigenvalue weighted by atomic mass is 10.1. The largest absolute Gasteiger partial charge is 0.304 e. The molecule has 2 atom stereocenters. The van der Waals surface area contributed by atoms with Crippen LogP contribution in [-0.2, 0) is 4.79 Å². The summed E-state index contributed by atoms with van der Waals surface area (Å²) in [7, 11) is 3.87. The number of carbonyl (C=O) groups is 1. The molecule has 0 bridgehead atoms. The zero-order valence-corrected chi connectivity index (χ0v) is 7.87. The summed E-state index contributed by atoms with van der Waals surface area (Å²) in [4.78, 5) is 16.7. The molecule has 1 unspecified atom stereocenters. The average molecular weight is 182 g/mol. The van der Waals surface area contributed by atoms with E-state index >= 15 is 0 Å². The molecule has 0 spiro atoms. The third kappa shape index (κ3) is 2.21. The van der Waals surface area contributed by atoms with E-state index < -0.39 is 0 Å². The van der Waals surface area contributed by atoms with Gasteiger partial charge in [-0.05, 0) is 27.1 Å². The van der Waals surface area contributed by atoms with Gasteiger partial charge in [0.05, 0.1) is 6.01 Å². The Kier molecular flexibility index (Phi) is 3.31. The second kappa shape index (κ2) is 4.28. The van der Waals surface area contributed by atoms with Gasteiger partial charge in [-0.25, -0.2) is 5.41 Å². The van der Waals surface area contributed by atoms with Gasteiger partial charge in [0, 0.05) is 6.04 Å². The molecule has 0 radical (unpaired) electrons. The van der Waals surface area contributed by atoms with Crippen molar-refractivity contribution in [3.8, 4) is 0 Å². The van der Waals surface area contributed by atoms with Gasteiger partial charge in [0.15, 0.2) is 0 Å². The predicted octanol–water partition coefficient (Wildman–Crippen LogP) is -0.442. The lowest BCUT2D eigenvalue weighted by Crippen LogP contribution is -2.44. The number of likely N-dealkylation sites (N-methyl/N-ethyl adjacent to an activating group) is 1. The van der Waals surface area contributed by atoms with Crippen molar-refractivity contribution in [2.45, 2.75) is 18.5 Å². The van der Waals surface area contributed by atoms with Crippen LogP contribution in [0.2, 0.25) is 0 Å².